The third-order valence-electron chi connectivity index (χ3n) is 6.48. The van der Waals surface area contributed by atoms with Gasteiger partial charge in [0, 0.05) is 43.8 Å². The van der Waals surface area contributed by atoms with Gasteiger partial charge in [0.2, 0.25) is 11.8 Å². The summed E-state index contributed by atoms with van der Waals surface area (Å²) in [5.41, 5.74) is 6.23. The predicted molar refractivity (Wildman–Crippen MR) is 120 cm³/mol. The number of methoxy groups -OCH3 is 1. The second-order valence-corrected chi connectivity index (χ2v) is 8.50. The summed E-state index contributed by atoms with van der Waals surface area (Å²) < 4.78 is 10.8. The van der Waals surface area contributed by atoms with E-state index in [1.54, 1.807) is 7.11 Å². The van der Waals surface area contributed by atoms with E-state index in [2.05, 4.69) is 10.2 Å². The number of carbonyl (C=O) groups is 2. The van der Waals surface area contributed by atoms with Crippen LogP contribution in [0.3, 0.4) is 0 Å². The van der Waals surface area contributed by atoms with Gasteiger partial charge < -0.3 is 25.4 Å². The van der Waals surface area contributed by atoms with Gasteiger partial charge in [0.15, 0.2) is 0 Å². The van der Waals surface area contributed by atoms with Crippen LogP contribution in [0, 0.1) is 0 Å². The van der Waals surface area contributed by atoms with Gasteiger partial charge in [-0.2, -0.15) is 0 Å². The second kappa shape index (κ2) is 11.3. The summed E-state index contributed by atoms with van der Waals surface area (Å²) in [6, 6.07) is 7.48. The molecule has 8 nitrogen and oxygen atoms in total. The Morgan fingerprint density at radius 1 is 1.16 bits per heavy atom. The lowest BCUT2D eigenvalue weighted by Gasteiger charge is -2.48. The Hall–Kier alpha value is -2.32. The molecule has 3 N–H and O–H groups in total. The third kappa shape index (κ3) is 6.58. The lowest BCUT2D eigenvalue weighted by Crippen LogP contribution is -2.60. The van der Waals surface area contributed by atoms with Crippen molar-refractivity contribution >= 4 is 17.5 Å². The molecule has 0 atom stereocenters. The minimum absolute atomic E-state index is 0.0237. The molecule has 1 aliphatic heterocycles. The van der Waals surface area contributed by atoms with Gasteiger partial charge in [-0.25, -0.2) is 0 Å². The molecule has 1 aromatic rings. The van der Waals surface area contributed by atoms with E-state index in [9.17, 15) is 9.59 Å². The maximum absolute atomic E-state index is 12.9. The first kappa shape index (κ1) is 23.3. The lowest BCUT2D eigenvalue weighted by atomic mass is 9.79. The fourth-order valence-corrected chi connectivity index (χ4v) is 4.68. The van der Waals surface area contributed by atoms with Crippen molar-refractivity contribution < 1.29 is 19.1 Å². The van der Waals surface area contributed by atoms with Crippen molar-refractivity contribution in [1.82, 2.24) is 10.2 Å². The lowest BCUT2D eigenvalue weighted by molar-refractivity contribution is -0.121. The van der Waals surface area contributed by atoms with E-state index in [-0.39, 0.29) is 30.3 Å². The largest absolute Gasteiger partial charge is 0.497 e. The number of nitrogens with one attached hydrogen (secondary N) is 1. The minimum Gasteiger partial charge on any atom is -0.497 e. The van der Waals surface area contributed by atoms with Gasteiger partial charge in [-0.15, -0.1) is 0 Å². The van der Waals surface area contributed by atoms with Gasteiger partial charge in [-0.1, -0.05) is 19.3 Å². The zero-order valence-electron chi connectivity index (χ0n) is 18.6. The Bertz CT molecular complexity index is 713. The van der Waals surface area contributed by atoms with Crippen molar-refractivity contribution in [2.24, 2.45) is 5.73 Å². The van der Waals surface area contributed by atoms with Crippen LogP contribution in [-0.4, -0.2) is 75.3 Å². The number of carbonyl (C=O) groups excluding carboxylic acids is 2. The number of nitrogens with two attached hydrogens (primary N) is 1. The van der Waals surface area contributed by atoms with Crippen LogP contribution in [0.2, 0.25) is 0 Å². The van der Waals surface area contributed by atoms with Crippen molar-refractivity contribution in [1.29, 1.82) is 0 Å². The summed E-state index contributed by atoms with van der Waals surface area (Å²) in [5.74, 6) is 0.318. The summed E-state index contributed by atoms with van der Waals surface area (Å²) in [7, 11) is 1.61. The zero-order chi connectivity index (χ0) is 22.1. The zero-order valence-corrected chi connectivity index (χ0v) is 18.6. The highest BCUT2D eigenvalue weighted by molar-refractivity contribution is 5.82. The molecule has 0 unspecified atom stereocenters. The highest BCUT2D eigenvalue weighted by atomic mass is 16.5. The first-order chi connectivity index (χ1) is 15.0. The topological polar surface area (TPSA) is 97.1 Å². The molecule has 1 heterocycles. The van der Waals surface area contributed by atoms with Gasteiger partial charge in [-0.3, -0.25) is 14.5 Å². The molecular formula is C23H36N4O4. The SMILES string of the molecule is COc1ccc(N(CCC(N)=O)CC(=O)NCC2(N3CCOCC3)CCCCC2)cc1. The monoisotopic (exact) mass is 432 g/mol. The number of rotatable bonds is 10. The number of nitrogens with zero attached hydrogens (tertiary/aromatic N) is 2. The van der Waals surface area contributed by atoms with Crippen LogP contribution in [0.1, 0.15) is 38.5 Å². The van der Waals surface area contributed by atoms with Gasteiger partial charge in [-0.05, 0) is 37.1 Å². The van der Waals surface area contributed by atoms with Gasteiger partial charge >= 0.3 is 0 Å². The first-order valence-electron chi connectivity index (χ1n) is 11.3. The minimum atomic E-state index is -0.382. The Balaban J connectivity index is 1.63. The average molecular weight is 433 g/mol. The highest BCUT2D eigenvalue weighted by Gasteiger charge is 2.38. The van der Waals surface area contributed by atoms with Crippen LogP contribution in [-0.2, 0) is 14.3 Å². The molecule has 3 rings (SSSR count). The highest BCUT2D eigenvalue weighted by Crippen LogP contribution is 2.34. The Labute approximate surface area is 185 Å². The number of primary amides is 1. The average Bonchev–Trinajstić information content (AvgIpc) is 2.81. The van der Waals surface area contributed by atoms with E-state index >= 15 is 0 Å². The van der Waals surface area contributed by atoms with Crippen LogP contribution in [0.4, 0.5) is 5.69 Å². The number of ether oxygens (including phenoxy) is 2. The fraction of sp³-hybridized carbons (Fsp3) is 0.652. The molecular weight excluding hydrogens is 396 g/mol. The molecule has 0 aromatic heterocycles. The molecule has 0 radical (unpaired) electrons. The summed E-state index contributed by atoms with van der Waals surface area (Å²) in [6.45, 7) is 4.58. The molecule has 2 aliphatic rings. The first-order valence-corrected chi connectivity index (χ1v) is 11.3. The summed E-state index contributed by atoms with van der Waals surface area (Å²) in [5, 5.41) is 3.20. The standard InChI is InChI=1S/C23H36N4O4/c1-30-20-7-5-19(6-8-20)26(12-9-21(24)28)17-22(29)25-18-23(10-3-2-4-11-23)27-13-15-31-16-14-27/h5-8H,2-4,9-18H2,1H3,(H2,24,28)(H,25,29). The Kier molecular flexibility index (Phi) is 8.54. The number of amides is 2. The van der Waals surface area contributed by atoms with Crippen LogP contribution in [0.25, 0.3) is 0 Å². The fourth-order valence-electron chi connectivity index (χ4n) is 4.68. The van der Waals surface area contributed by atoms with Gasteiger partial charge in [0.25, 0.3) is 0 Å². The number of benzene rings is 1. The summed E-state index contributed by atoms with van der Waals surface area (Å²) >= 11 is 0. The molecule has 172 valence electrons. The Morgan fingerprint density at radius 2 is 1.84 bits per heavy atom. The summed E-state index contributed by atoms with van der Waals surface area (Å²) in [6.07, 6.45) is 6.07. The van der Waals surface area contributed by atoms with Crippen LogP contribution in [0.15, 0.2) is 24.3 Å². The number of hydrogen-bond donors (Lipinski definition) is 2. The van der Waals surface area contributed by atoms with Crippen molar-refractivity contribution in [3.63, 3.8) is 0 Å². The molecule has 0 spiro atoms. The molecule has 0 bridgehead atoms. The predicted octanol–water partition coefficient (Wildman–Crippen LogP) is 1.53. The maximum Gasteiger partial charge on any atom is 0.239 e. The molecule has 1 saturated heterocycles. The number of morpholine rings is 1. The summed E-state index contributed by atoms with van der Waals surface area (Å²) in [4.78, 5) is 28.7. The quantitative estimate of drug-likeness (QED) is 0.582. The van der Waals surface area contributed by atoms with E-state index in [0.717, 1.165) is 50.6 Å². The van der Waals surface area contributed by atoms with Gasteiger partial charge in [0.05, 0.1) is 26.9 Å². The van der Waals surface area contributed by atoms with Crippen molar-refractivity contribution in [2.45, 2.75) is 44.1 Å². The molecule has 1 aromatic carbocycles. The van der Waals surface area contributed by atoms with Crippen LogP contribution >= 0.6 is 0 Å². The second-order valence-electron chi connectivity index (χ2n) is 8.50. The van der Waals surface area contributed by atoms with Crippen molar-refractivity contribution in [3.05, 3.63) is 24.3 Å². The third-order valence-corrected chi connectivity index (χ3v) is 6.48. The Morgan fingerprint density at radius 3 is 2.45 bits per heavy atom. The van der Waals surface area contributed by atoms with Crippen molar-refractivity contribution in [3.8, 4) is 5.75 Å². The van der Waals surface area contributed by atoms with Crippen molar-refractivity contribution in [2.75, 3.05) is 57.9 Å². The molecule has 1 aliphatic carbocycles. The molecule has 2 fully saturated rings. The van der Waals surface area contributed by atoms with Crippen LogP contribution in [0.5, 0.6) is 5.75 Å². The van der Waals surface area contributed by atoms with E-state index in [1.807, 2.05) is 29.2 Å². The molecule has 2 amide bonds. The number of anilines is 1. The van der Waals surface area contributed by atoms with E-state index in [0.29, 0.717) is 13.1 Å². The van der Waals surface area contributed by atoms with E-state index in [4.69, 9.17) is 15.2 Å². The molecule has 31 heavy (non-hydrogen) atoms. The normalized spacial score (nSPS) is 18.9. The molecule has 1 saturated carbocycles. The van der Waals surface area contributed by atoms with Gasteiger partial charge in [0.1, 0.15) is 5.75 Å². The number of hydrogen-bond acceptors (Lipinski definition) is 6. The smallest absolute Gasteiger partial charge is 0.239 e. The van der Waals surface area contributed by atoms with Crippen LogP contribution < -0.4 is 20.7 Å². The van der Waals surface area contributed by atoms with E-state index in [1.165, 1.54) is 19.3 Å². The maximum atomic E-state index is 12.9. The van der Waals surface area contributed by atoms with E-state index < -0.39 is 0 Å². The molecule has 8 heteroatoms.